The van der Waals surface area contributed by atoms with Crippen LogP contribution in [-0.2, 0) is 16.1 Å². The summed E-state index contributed by atoms with van der Waals surface area (Å²) < 4.78 is 11.6. The fourth-order valence-electron chi connectivity index (χ4n) is 2.46. The first-order chi connectivity index (χ1) is 10.5. The van der Waals surface area contributed by atoms with Crippen molar-refractivity contribution in [3.63, 3.8) is 0 Å². The Balaban J connectivity index is 2.18. The van der Waals surface area contributed by atoms with Crippen molar-refractivity contribution in [1.29, 1.82) is 0 Å². The summed E-state index contributed by atoms with van der Waals surface area (Å²) >= 11 is 3.44. The minimum atomic E-state index is -0.929. The van der Waals surface area contributed by atoms with Crippen LogP contribution in [0.15, 0.2) is 16.6 Å². The molecule has 0 aromatic heterocycles. The first kappa shape index (κ1) is 16.6. The average molecular weight is 372 g/mol. The Bertz CT molecular complexity index is 590. The van der Waals surface area contributed by atoms with E-state index in [9.17, 15) is 9.59 Å². The van der Waals surface area contributed by atoms with E-state index in [0.29, 0.717) is 24.7 Å². The number of aliphatic carboxylic acids is 1. The molecule has 1 aliphatic rings. The fraction of sp³-hybridized carbons (Fsp3) is 0.467. The summed E-state index contributed by atoms with van der Waals surface area (Å²) in [6.07, 6.45) is 0.0602. The van der Waals surface area contributed by atoms with Crippen LogP contribution >= 0.6 is 15.9 Å². The SMILES string of the molecule is CCOc1c(Br)cc(CN2C[C@H](C(=O)O)CC2=O)cc1OC. The number of nitrogens with zero attached hydrogens (tertiary/aromatic N) is 1. The van der Waals surface area contributed by atoms with Gasteiger partial charge in [-0.05, 0) is 40.5 Å². The maximum absolute atomic E-state index is 11.9. The minimum absolute atomic E-state index is 0.0602. The van der Waals surface area contributed by atoms with Gasteiger partial charge in [0.2, 0.25) is 5.91 Å². The zero-order chi connectivity index (χ0) is 16.3. The van der Waals surface area contributed by atoms with Gasteiger partial charge in [0, 0.05) is 19.5 Å². The third-order valence-corrected chi connectivity index (χ3v) is 4.10. The van der Waals surface area contributed by atoms with Crippen LogP contribution in [0, 0.1) is 5.92 Å². The predicted molar refractivity (Wildman–Crippen MR) is 83.0 cm³/mol. The number of rotatable bonds is 6. The Kier molecular flexibility index (Phi) is 5.28. The van der Waals surface area contributed by atoms with E-state index in [-0.39, 0.29) is 18.9 Å². The number of benzene rings is 1. The highest BCUT2D eigenvalue weighted by Gasteiger charge is 2.34. The van der Waals surface area contributed by atoms with Gasteiger partial charge in [-0.15, -0.1) is 0 Å². The van der Waals surface area contributed by atoms with Crippen LogP contribution < -0.4 is 9.47 Å². The molecule has 1 atom stereocenters. The summed E-state index contributed by atoms with van der Waals surface area (Å²) in [6.45, 7) is 2.99. The molecule has 22 heavy (non-hydrogen) atoms. The van der Waals surface area contributed by atoms with E-state index in [4.69, 9.17) is 14.6 Å². The number of hydrogen-bond acceptors (Lipinski definition) is 4. The second kappa shape index (κ2) is 7.00. The number of hydrogen-bond donors (Lipinski definition) is 1. The summed E-state index contributed by atoms with van der Waals surface area (Å²) in [5.41, 5.74) is 0.853. The molecule has 1 heterocycles. The van der Waals surface area contributed by atoms with Crippen molar-refractivity contribution in [3.8, 4) is 11.5 Å². The monoisotopic (exact) mass is 371 g/mol. The molecule has 1 aromatic carbocycles. The molecule has 1 fully saturated rings. The fourth-order valence-corrected chi connectivity index (χ4v) is 3.06. The molecule has 0 unspecified atom stereocenters. The summed E-state index contributed by atoms with van der Waals surface area (Å²) in [5, 5.41) is 9.01. The smallest absolute Gasteiger partial charge is 0.308 e. The lowest BCUT2D eigenvalue weighted by Gasteiger charge is -2.18. The summed E-state index contributed by atoms with van der Waals surface area (Å²) in [4.78, 5) is 24.4. The number of methoxy groups -OCH3 is 1. The van der Waals surface area contributed by atoms with Gasteiger partial charge in [-0.25, -0.2) is 0 Å². The van der Waals surface area contributed by atoms with E-state index in [1.165, 1.54) is 0 Å². The van der Waals surface area contributed by atoms with Gasteiger partial charge in [-0.2, -0.15) is 0 Å². The van der Waals surface area contributed by atoms with Crippen LogP contribution in [-0.4, -0.2) is 42.1 Å². The molecule has 0 aliphatic carbocycles. The van der Waals surface area contributed by atoms with Crippen molar-refractivity contribution >= 4 is 27.8 Å². The Labute approximate surface area is 137 Å². The van der Waals surface area contributed by atoms with Crippen LogP contribution in [0.1, 0.15) is 18.9 Å². The molecule has 0 bridgehead atoms. The Hall–Kier alpha value is -1.76. The molecule has 2 rings (SSSR count). The van der Waals surface area contributed by atoms with Crippen LogP contribution in [0.2, 0.25) is 0 Å². The van der Waals surface area contributed by atoms with E-state index in [1.807, 2.05) is 13.0 Å². The summed E-state index contributed by atoms with van der Waals surface area (Å²) in [6, 6.07) is 3.66. The summed E-state index contributed by atoms with van der Waals surface area (Å²) in [7, 11) is 1.55. The van der Waals surface area contributed by atoms with E-state index >= 15 is 0 Å². The largest absolute Gasteiger partial charge is 0.493 e. The van der Waals surface area contributed by atoms with Crippen LogP contribution in [0.3, 0.4) is 0 Å². The third kappa shape index (κ3) is 3.52. The van der Waals surface area contributed by atoms with Gasteiger partial charge in [0.05, 0.1) is 24.1 Å². The molecule has 6 nitrogen and oxygen atoms in total. The second-order valence-electron chi connectivity index (χ2n) is 5.06. The molecule has 0 radical (unpaired) electrons. The normalized spacial score (nSPS) is 17.7. The lowest BCUT2D eigenvalue weighted by molar-refractivity contribution is -0.141. The Morgan fingerprint density at radius 1 is 1.50 bits per heavy atom. The Morgan fingerprint density at radius 2 is 2.23 bits per heavy atom. The highest BCUT2D eigenvalue weighted by atomic mass is 79.9. The summed E-state index contributed by atoms with van der Waals surface area (Å²) in [5.74, 6) is -0.504. The molecular weight excluding hydrogens is 354 g/mol. The number of ether oxygens (including phenoxy) is 2. The van der Waals surface area contributed by atoms with E-state index in [1.54, 1.807) is 18.1 Å². The molecular formula is C15H18BrNO5. The van der Waals surface area contributed by atoms with Gasteiger partial charge in [0.25, 0.3) is 0 Å². The number of halogens is 1. The van der Waals surface area contributed by atoms with Crippen molar-refractivity contribution in [3.05, 3.63) is 22.2 Å². The van der Waals surface area contributed by atoms with E-state index in [0.717, 1.165) is 10.0 Å². The van der Waals surface area contributed by atoms with Gasteiger partial charge in [-0.1, -0.05) is 0 Å². The average Bonchev–Trinajstić information content (AvgIpc) is 2.83. The first-order valence-electron chi connectivity index (χ1n) is 6.96. The van der Waals surface area contributed by atoms with Gasteiger partial charge in [0.1, 0.15) is 0 Å². The highest BCUT2D eigenvalue weighted by Crippen LogP contribution is 2.37. The lowest BCUT2D eigenvalue weighted by Crippen LogP contribution is -2.25. The van der Waals surface area contributed by atoms with Crippen molar-refractivity contribution in [2.24, 2.45) is 5.92 Å². The number of carbonyl (C=O) groups is 2. The quantitative estimate of drug-likeness (QED) is 0.829. The van der Waals surface area contributed by atoms with Crippen molar-refractivity contribution in [2.75, 3.05) is 20.3 Å². The molecule has 0 saturated carbocycles. The number of amides is 1. The maximum Gasteiger partial charge on any atom is 0.308 e. The standard InChI is InChI=1S/C15H18BrNO5/c1-3-22-14-11(16)4-9(5-12(14)21-2)7-17-8-10(15(19)20)6-13(17)18/h4-5,10H,3,6-8H2,1-2H3,(H,19,20)/t10-/m1/s1. The number of likely N-dealkylation sites (tertiary alicyclic amines) is 1. The highest BCUT2D eigenvalue weighted by molar-refractivity contribution is 9.10. The van der Waals surface area contributed by atoms with Gasteiger partial charge >= 0.3 is 5.97 Å². The molecule has 1 aliphatic heterocycles. The Morgan fingerprint density at radius 3 is 2.77 bits per heavy atom. The molecule has 120 valence electrons. The van der Waals surface area contributed by atoms with E-state index < -0.39 is 11.9 Å². The zero-order valence-corrected chi connectivity index (χ0v) is 14.1. The molecule has 1 N–H and O–H groups in total. The van der Waals surface area contributed by atoms with Crippen molar-refractivity contribution in [2.45, 2.75) is 19.9 Å². The maximum atomic E-state index is 11.9. The second-order valence-corrected chi connectivity index (χ2v) is 5.91. The first-order valence-corrected chi connectivity index (χ1v) is 7.75. The topological polar surface area (TPSA) is 76.1 Å². The van der Waals surface area contributed by atoms with Crippen molar-refractivity contribution < 1.29 is 24.2 Å². The molecule has 1 amide bonds. The molecule has 7 heteroatoms. The van der Waals surface area contributed by atoms with Crippen molar-refractivity contribution in [1.82, 2.24) is 4.90 Å². The minimum Gasteiger partial charge on any atom is -0.493 e. The molecule has 1 saturated heterocycles. The zero-order valence-electron chi connectivity index (χ0n) is 12.5. The number of carbonyl (C=O) groups excluding carboxylic acids is 1. The van der Waals surface area contributed by atoms with E-state index in [2.05, 4.69) is 15.9 Å². The number of carboxylic acids is 1. The van der Waals surface area contributed by atoms with Gasteiger partial charge in [-0.3, -0.25) is 9.59 Å². The predicted octanol–water partition coefficient (Wildman–Crippen LogP) is 2.29. The third-order valence-electron chi connectivity index (χ3n) is 3.52. The van der Waals surface area contributed by atoms with Crippen LogP contribution in [0.5, 0.6) is 11.5 Å². The number of carboxylic acid groups (broad SMARTS) is 1. The molecule has 1 aromatic rings. The lowest BCUT2D eigenvalue weighted by atomic mass is 10.1. The van der Waals surface area contributed by atoms with Gasteiger partial charge in [0.15, 0.2) is 11.5 Å². The van der Waals surface area contributed by atoms with Gasteiger partial charge < -0.3 is 19.5 Å². The van der Waals surface area contributed by atoms with Crippen LogP contribution in [0.4, 0.5) is 0 Å². The van der Waals surface area contributed by atoms with Crippen LogP contribution in [0.25, 0.3) is 0 Å². The molecule has 0 spiro atoms.